The quantitative estimate of drug-likeness (QED) is 0.779. The monoisotopic (exact) mass is 308 g/mol. The van der Waals surface area contributed by atoms with E-state index in [1.165, 1.54) is 0 Å². The number of carboxylic acid groups (broad SMARTS) is 1. The Morgan fingerprint density at radius 1 is 1.43 bits per heavy atom. The summed E-state index contributed by atoms with van der Waals surface area (Å²) in [5, 5.41) is 8.16. The number of nitrogens with two attached hydrogens (primary N) is 1. The maximum Gasteiger partial charge on any atom is 0.321 e. The fourth-order valence-electron chi connectivity index (χ4n) is 1.99. The minimum absolute atomic E-state index is 0.0731. The number of nitrogens with zero attached hydrogens (tertiary/aromatic N) is 1. The molecule has 1 fully saturated rings. The molecule has 1 saturated heterocycles. The van der Waals surface area contributed by atoms with E-state index >= 15 is 0 Å². The highest BCUT2D eigenvalue weighted by Crippen LogP contribution is 2.29. The molecule has 3 N–H and O–H groups in total. The first kappa shape index (κ1) is 15.5. The van der Waals surface area contributed by atoms with Gasteiger partial charge in [0, 0.05) is 12.2 Å². The second kappa shape index (κ2) is 6.28. The topological polar surface area (TPSA) is 101 Å². The van der Waals surface area contributed by atoms with Gasteiger partial charge in [0.15, 0.2) is 0 Å². The summed E-state index contributed by atoms with van der Waals surface area (Å²) < 4.78 is 0. The van der Waals surface area contributed by atoms with Crippen LogP contribution in [0.15, 0.2) is 24.3 Å². The summed E-state index contributed by atoms with van der Waals surface area (Å²) in [6.07, 6.45) is 0.0731. The van der Waals surface area contributed by atoms with Crippen LogP contribution < -0.4 is 10.6 Å². The third-order valence-electron chi connectivity index (χ3n) is 3.19. The SMILES string of the molecule is Cc1ccc(N2C(=O)C[C@@H](SC[C@H](N)C(=O)O)C2=O)cc1. The van der Waals surface area contributed by atoms with E-state index in [0.717, 1.165) is 22.2 Å². The number of hydrogen-bond donors (Lipinski definition) is 2. The smallest absolute Gasteiger partial charge is 0.321 e. The van der Waals surface area contributed by atoms with Crippen molar-refractivity contribution in [1.29, 1.82) is 0 Å². The van der Waals surface area contributed by atoms with Gasteiger partial charge in [0.1, 0.15) is 6.04 Å². The number of thioether (sulfide) groups is 1. The summed E-state index contributed by atoms with van der Waals surface area (Å²) >= 11 is 1.12. The molecule has 0 saturated carbocycles. The fraction of sp³-hybridized carbons (Fsp3) is 0.357. The van der Waals surface area contributed by atoms with Gasteiger partial charge in [-0.2, -0.15) is 0 Å². The van der Waals surface area contributed by atoms with Gasteiger partial charge in [-0.15, -0.1) is 11.8 Å². The fourth-order valence-corrected chi connectivity index (χ4v) is 3.08. The van der Waals surface area contributed by atoms with Crippen molar-refractivity contribution in [3.8, 4) is 0 Å². The highest BCUT2D eigenvalue weighted by Gasteiger charge is 2.40. The molecule has 0 spiro atoms. The van der Waals surface area contributed by atoms with E-state index in [9.17, 15) is 14.4 Å². The van der Waals surface area contributed by atoms with E-state index in [2.05, 4.69) is 0 Å². The van der Waals surface area contributed by atoms with Crippen molar-refractivity contribution in [2.75, 3.05) is 10.7 Å². The summed E-state index contributed by atoms with van der Waals surface area (Å²) in [6, 6.07) is 6.07. The highest BCUT2D eigenvalue weighted by molar-refractivity contribution is 8.00. The first-order valence-electron chi connectivity index (χ1n) is 6.43. The summed E-state index contributed by atoms with van der Waals surface area (Å²) in [5.41, 5.74) is 6.99. The van der Waals surface area contributed by atoms with E-state index in [1.807, 2.05) is 19.1 Å². The normalized spacial score (nSPS) is 19.9. The number of rotatable bonds is 5. The van der Waals surface area contributed by atoms with Crippen molar-refractivity contribution in [3.63, 3.8) is 0 Å². The zero-order valence-electron chi connectivity index (χ0n) is 11.5. The van der Waals surface area contributed by atoms with Crippen LogP contribution in [0.25, 0.3) is 0 Å². The predicted octanol–water partition coefficient (Wildman–Crippen LogP) is 0.772. The Kier molecular flexibility index (Phi) is 4.64. The maximum atomic E-state index is 12.3. The molecule has 1 aliphatic heterocycles. The van der Waals surface area contributed by atoms with Gasteiger partial charge in [0.2, 0.25) is 11.8 Å². The van der Waals surface area contributed by atoms with Gasteiger partial charge in [0.05, 0.1) is 10.9 Å². The van der Waals surface area contributed by atoms with Crippen LogP contribution in [0.1, 0.15) is 12.0 Å². The molecule has 0 bridgehead atoms. The third-order valence-corrected chi connectivity index (χ3v) is 4.51. The number of aryl methyl sites for hydroxylation is 1. The van der Waals surface area contributed by atoms with E-state index < -0.39 is 17.3 Å². The number of benzene rings is 1. The molecule has 0 aromatic heterocycles. The molecule has 1 heterocycles. The van der Waals surface area contributed by atoms with Crippen molar-refractivity contribution in [2.24, 2.45) is 5.73 Å². The Bertz CT molecular complexity index is 573. The number of carboxylic acids is 1. The van der Waals surface area contributed by atoms with Gasteiger partial charge in [-0.3, -0.25) is 14.4 Å². The van der Waals surface area contributed by atoms with Gasteiger partial charge < -0.3 is 10.8 Å². The molecule has 2 amide bonds. The summed E-state index contributed by atoms with van der Waals surface area (Å²) in [7, 11) is 0. The predicted molar refractivity (Wildman–Crippen MR) is 80.1 cm³/mol. The molecule has 2 atom stereocenters. The molecule has 112 valence electrons. The van der Waals surface area contributed by atoms with Crippen molar-refractivity contribution in [3.05, 3.63) is 29.8 Å². The van der Waals surface area contributed by atoms with Crippen molar-refractivity contribution in [2.45, 2.75) is 24.6 Å². The Morgan fingerprint density at radius 3 is 2.62 bits per heavy atom. The highest BCUT2D eigenvalue weighted by atomic mass is 32.2. The molecule has 7 heteroatoms. The second-order valence-electron chi connectivity index (χ2n) is 4.87. The number of hydrogen-bond acceptors (Lipinski definition) is 5. The molecule has 1 aromatic carbocycles. The number of anilines is 1. The molecule has 21 heavy (non-hydrogen) atoms. The number of aliphatic carboxylic acids is 1. The van der Waals surface area contributed by atoms with Gasteiger partial charge in [-0.25, -0.2) is 4.90 Å². The molecule has 2 rings (SSSR count). The molecule has 0 aliphatic carbocycles. The lowest BCUT2D eigenvalue weighted by Crippen LogP contribution is -2.35. The summed E-state index contributed by atoms with van der Waals surface area (Å²) in [6.45, 7) is 1.92. The molecule has 0 unspecified atom stereocenters. The first-order chi connectivity index (χ1) is 9.90. The van der Waals surface area contributed by atoms with Crippen molar-refractivity contribution >= 4 is 35.2 Å². The lowest BCUT2D eigenvalue weighted by atomic mass is 10.2. The van der Waals surface area contributed by atoms with Crippen LogP contribution in [0.4, 0.5) is 5.69 Å². The number of carbonyl (C=O) groups is 3. The first-order valence-corrected chi connectivity index (χ1v) is 7.48. The molecule has 6 nitrogen and oxygen atoms in total. The molecule has 1 aromatic rings. The Hall–Kier alpha value is -1.86. The van der Waals surface area contributed by atoms with Crippen LogP contribution in [0.5, 0.6) is 0 Å². The van der Waals surface area contributed by atoms with Gasteiger partial charge in [-0.1, -0.05) is 17.7 Å². The Labute approximate surface area is 126 Å². The standard InChI is InChI=1S/C14H16N2O4S/c1-8-2-4-9(5-3-8)16-12(17)6-11(13(16)18)21-7-10(15)14(19)20/h2-5,10-11H,6-7,15H2,1H3,(H,19,20)/t10-,11+/m0/s1. The van der Waals surface area contributed by atoms with Crippen LogP contribution in [-0.4, -0.2) is 39.9 Å². The average molecular weight is 308 g/mol. The minimum atomic E-state index is -1.12. The lowest BCUT2D eigenvalue weighted by molar-refractivity contribution is -0.138. The van der Waals surface area contributed by atoms with Crippen LogP contribution in [0, 0.1) is 6.92 Å². The number of carbonyl (C=O) groups excluding carboxylic acids is 2. The van der Waals surface area contributed by atoms with Crippen LogP contribution in [-0.2, 0) is 14.4 Å². The van der Waals surface area contributed by atoms with Crippen molar-refractivity contribution in [1.82, 2.24) is 0 Å². The summed E-state index contributed by atoms with van der Waals surface area (Å²) in [4.78, 5) is 36.1. The van der Waals surface area contributed by atoms with E-state index in [1.54, 1.807) is 12.1 Å². The average Bonchev–Trinajstić information content (AvgIpc) is 2.72. The Morgan fingerprint density at radius 2 is 2.05 bits per heavy atom. The Balaban J connectivity index is 2.06. The van der Waals surface area contributed by atoms with Crippen LogP contribution in [0.2, 0.25) is 0 Å². The van der Waals surface area contributed by atoms with Gasteiger partial charge in [0.25, 0.3) is 0 Å². The number of imide groups is 1. The maximum absolute atomic E-state index is 12.3. The van der Waals surface area contributed by atoms with E-state index in [4.69, 9.17) is 10.8 Å². The molecular weight excluding hydrogens is 292 g/mol. The van der Waals surface area contributed by atoms with Gasteiger partial charge >= 0.3 is 5.97 Å². The van der Waals surface area contributed by atoms with Crippen LogP contribution >= 0.6 is 11.8 Å². The lowest BCUT2D eigenvalue weighted by Gasteiger charge is -2.15. The zero-order valence-corrected chi connectivity index (χ0v) is 12.3. The van der Waals surface area contributed by atoms with Gasteiger partial charge in [-0.05, 0) is 19.1 Å². The van der Waals surface area contributed by atoms with E-state index in [0.29, 0.717) is 5.69 Å². The zero-order chi connectivity index (χ0) is 15.6. The summed E-state index contributed by atoms with van der Waals surface area (Å²) in [5.74, 6) is -1.60. The second-order valence-corrected chi connectivity index (χ2v) is 6.11. The molecule has 1 aliphatic rings. The van der Waals surface area contributed by atoms with Crippen LogP contribution in [0.3, 0.4) is 0 Å². The van der Waals surface area contributed by atoms with Crippen molar-refractivity contribution < 1.29 is 19.5 Å². The molecule has 0 radical (unpaired) electrons. The van der Waals surface area contributed by atoms with E-state index in [-0.39, 0.29) is 24.0 Å². The third kappa shape index (κ3) is 3.43. The number of amides is 2. The molecular formula is C14H16N2O4S. The largest absolute Gasteiger partial charge is 0.480 e. The minimum Gasteiger partial charge on any atom is -0.480 e.